The van der Waals surface area contributed by atoms with E-state index in [9.17, 15) is 22.4 Å². The fourth-order valence-corrected chi connectivity index (χ4v) is 4.81. The number of aryl methyl sites for hydroxylation is 1. The van der Waals surface area contributed by atoms with Crippen LogP contribution in [0, 0.1) is 5.82 Å². The Morgan fingerprint density at radius 1 is 1.00 bits per heavy atom. The van der Waals surface area contributed by atoms with Gasteiger partial charge in [-0.25, -0.2) is 12.8 Å². The van der Waals surface area contributed by atoms with Crippen LogP contribution in [-0.4, -0.2) is 30.1 Å². The zero-order valence-corrected chi connectivity index (χ0v) is 17.3. The molecule has 1 aliphatic heterocycles. The number of anilines is 1. The molecular weight excluding hydrogens is 421 g/mol. The van der Waals surface area contributed by atoms with Gasteiger partial charge in [-0.05, 0) is 47.9 Å². The Morgan fingerprint density at radius 3 is 2.52 bits per heavy atom. The van der Waals surface area contributed by atoms with E-state index in [0.29, 0.717) is 12.1 Å². The summed E-state index contributed by atoms with van der Waals surface area (Å²) in [6.07, 6.45) is 1.99. The van der Waals surface area contributed by atoms with E-state index in [1.54, 1.807) is 24.3 Å². The third kappa shape index (κ3) is 3.79. The van der Waals surface area contributed by atoms with Crippen LogP contribution in [0.15, 0.2) is 65.7 Å². The predicted molar refractivity (Wildman–Crippen MR) is 111 cm³/mol. The molecule has 0 radical (unpaired) electrons. The van der Waals surface area contributed by atoms with Gasteiger partial charge in [0.1, 0.15) is 11.5 Å². The van der Waals surface area contributed by atoms with E-state index < -0.39 is 27.7 Å². The topological polar surface area (TPSA) is 96.4 Å². The Labute approximate surface area is 178 Å². The Balaban J connectivity index is 1.70. The number of imide groups is 1. The maximum Gasteiger partial charge on any atom is 0.280 e. The molecule has 31 heavy (non-hydrogen) atoms. The van der Waals surface area contributed by atoms with Crippen molar-refractivity contribution in [3.63, 3.8) is 0 Å². The number of nitrogens with zero attached hydrogens (tertiary/aromatic N) is 2. The summed E-state index contributed by atoms with van der Waals surface area (Å²) in [5, 5.41) is 0. The number of halogens is 1. The van der Waals surface area contributed by atoms with Gasteiger partial charge in [0.05, 0.1) is 22.7 Å². The van der Waals surface area contributed by atoms with Crippen molar-refractivity contribution in [2.45, 2.75) is 24.8 Å². The van der Waals surface area contributed by atoms with Crippen LogP contribution in [-0.2, 0) is 23.0 Å². The second-order valence-corrected chi connectivity index (χ2v) is 8.62. The lowest BCUT2D eigenvalue weighted by Gasteiger charge is -2.18. The van der Waals surface area contributed by atoms with Gasteiger partial charge in [0, 0.05) is 6.20 Å². The first-order valence-corrected chi connectivity index (χ1v) is 11.0. The third-order valence-corrected chi connectivity index (χ3v) is 6.47. The van der Waals surface area contributed by atoms with E-state index in [0.717, 1.165) is 22.6 Å². The highest BCUT2D eigenvalue weighted by molar-refractivity contribution is 7.92. The van der Waals surface area contributed by atoms with Crippen molar-refractivity contribution in [1.29, 1.82) is 0 Å². The number of rotatable bonds is 6. The molecule has 1 aromatic heterocycles. The lowest BCUT2D eigenvalue weighted by molar-refractivity contribution is 0.0639. The van der Waals surface area contributed by atoms with Gasteiger partial charge in [-0.1, -0.05) is 31.2 Å². The molecule has 0 spiro atoms. The van der Waals surface area contributed by atoms with Crippen molar-refractivity contribution < 1.29 is 22.4 Å². The normalized spacial score (nSPS) is 13.4. The monoisotopic (exact) mass is 439 g/mol. The van der Waals surface area contributed by atoms with Gasteiger partial charge in [-0.3, -0.25) is 24.2 Å². The molecular formula is C22H18FN3O4S. The molecule has 2 aromatic carbocycles. The van der Waals surface area contributed by atoms with Crippen molar-refractivity contribution in [2.24, 2.45) is 0 Å². The Kier molecular flexibility index (Phi) is 5.28. The zero-order valence-electron chi connectivity index (χ0n) is 16.5. The molecule has 0 saturated heterocycles. The summed E-state index contributed by atoms with van der Waals surface area (Å²) in [7, 11) is -4.20. The highest BCUT2D eigenvalue weighted by Crippen LogP contribution is 2.27. The number of benzene rings is 2. The molecule has 1 aliphatic rings. The molecule has 158 valence electrons. The van der Waals surface area contributed by atoms with Gasteiger partial charge in [0.15, 0.2) is 0 Å². The summed E-state index contributed by atoms with van der Waals surface area (Å²) in [5.41, 5.74) is 1.42. The largest absolute Gasteiger partial charge is 0.280 e. The van der Waals surface area contributed by atoms with Gasteiger partial charge in [0.2, 0.25) is 0 Å². The first kappa shape index (κ1) is 20.7. The standard InChI is InChI=1S/C22H18FN3O4S/c1-2-14-6-3-4-8-18(14)25-31(29,30)19-12-16(23)10-9-15(19)13-26-21(27)17-7-5-11-24-20(17)22(26)28/h3-12,25H,2,13H2,1H3. The molecule has 0 atom stereocenters. The van der Waals surface area contributed by atoms with Crippen LogP contribution < -0.4 is 4.72 Å². The molecule has 3 aromatic rings. The average molecular weight is 439 g/mol. The van der Waals surface area contributed by atoms with Crippen molar-refractivity contribution >= 4 is 27.5 Å². The van der Waals surface area contributed by atoms with E-state index >= 15 is 0 Å². The summed E-state index contributed by atoms with van der Waals surface area (Å²) in [4.78, 5) is 29.8. The number of fused-ring (bicyclic) bond motifs is 1. The average Bonchev–Trinajstić information content (AvgIpc) is 3.00. The first-order chi connectivity index (χ1) is 14.8. The number of aromatic nitrogens is 1. The van der Waals surface area contributed by atoms with Gasteiger partial charge in [-0.2, -0.15) is 0 Å². The Morgan fingerprint density at radius 2 is 1.77 bits per heavy atom. The lowest BCUT2D eigenvalue weighted by atomic mass is 10.1. The second kappa shape index (κ2) is 7.92. The van der Waals surface area contributed by atoms with Crippen LogP contribution >= 0.6 is 0 Å². The summed E-state index contributed by atoms with van der Waals surface area (Å²) < 4.78 is 42.7. The smallest absolute Gasteiger partial charge is 0.279 e. The minimum Gasteiger partial charge on any atom is -0.279 e. The van der Waals surface area contributed by atoms with E-state index in [1.165, 1.54) is 24.4 Å². The first-order valence-electron chi connectivity index (χ1n) is 9.52. The quantitative estimate of drug-likeness (QED) is 0.594. The molecule has 4 rings (SSSR count). The number of sulfonamides is 1. The molecule has 0 aliphatic carbocycles. The number of amides is 2. The summed E-state index contributed by atoms with van der Waals surface area (Å²) >= 11 is 0. The SMILES string of the molecule is CCc1ccccc1NS(=O)(=O)c1cc(F)ccc1CN1C(=O)c2cccnc2C1=O. The third-order valence-electron chi connectivity index (χ3n) is 5.02. The molecule has 1 N–H and O–H groups in total. The molecule has 2 amide bonds. The van der Waals surface area contributed by atoms with Gasteiger partial charge in [-0.15, -0.1) is 0 Å². The highest BCUT2D eigenvalue weighted by Gasteiger charge is 2.37. The van der Waals surface area contributed by atoms with E-state index in [2.05, 4.69) is 9.71 Å². The van der Waals surface area contributed by atoms with Gasteiger partial charge in [0.25, 0.3) is 21.8 Å². The molecule has 9 heteroatoms. The Bertz CT molecular complexity index is 1270. The molecule has 0 unspecified atom stereocenters. The fraction of sp³-hybridized carbons (Fsp3) is 0.136. The highest BCUT2D eigenvalue weighted by atomic mass is 32.2. The molecule has 0 fully saturated rings. The maximum absolute atomic E-state index is 14.0. The minimum absolute atomic E-state index is 0.00835. The molecule has 7 nitrogen and oxygen atoms in total. The Hall–Kier alpha value is -3.59. The summed E-state index contributed by atoms with van der Waals surface area (Å²) in [6.45, 7) is 1.55. The van der Waals surface area contributed by atoms with Crippen molar-refractivity contribution in [3.05, 3.63) is 89.0 Å². The van der Waals surface area contributed by atoms with Crippen LogP contribution in [0.3, 0.4) is 0 Å². The van der Waals surface area contributed by atoms with Crippen LogP contribution in [0.5, 0.6) is 0 Å². The van der Waals surface area contributed by atoms with Crippen molar-refractivity contribution in [3.8, 4) is 0 Å². The molecule has 2 heterocycles. The van der Waals surface area contributed by atoms with Gasteiger partial charge >= 0.3 is 0 Å². The number of pyridine rings is 1. The van der Waals surface area contributed by atoms with Crippen molar-refractivity contribution in [1.82, 2.24) is 9.88 Å². The number of nitrogens with one attached hydrogen (secondary N) is 1. The van der Waals surface area contributed by atoms with Crippen LogP contribution in [0.1, 0.15) is 38.9 Å². The van der Waals surface area contributed by atoms with Crippen molar-refractivity contribution in [2.75, 3.05) is 4.72 Å². The minimum atomic E-state index is -4.20. The number of carbonyl (C=O) groups excluding carboxylic acids is 2. The van der Waals surface area contributed by atoms with E-state index in [4.69, 9.17) is 0 Å². The molecule has 0 saturated carbocycles. The predicted octanol–water partition coefficient (Wildman–Crippen LogP) is 3.38. The molecule has 0 bridgehead atoms. The number of carbonyl (C=O) groups is 2. The van der Waals surface area contributed by atoms with Gasteiger partial charge < -0.3 is 0 Å². The number of para-hydroxylation sites is 1. The van der Waals surface area contributed by atoms with E-state index in [-0.39, 0.29) is 28.3 Å². The maximum atomic E-state index is 14.0. The number of hydrogen-bond acceptors (Lipinski definition) is 5. The number of hydrogen-bond donors (Lipinski definition) is 1. The van der Waals surface area contributed by atoms with Crippen LogP contribution in [0.25, 0.3) is 0 Å². The van der Waals surface area contributed by atoms with E-state index in [1.807, 2.05) is 6.92 Å². The summed E-state index contributed by atoms with van der Waals surface area (Å²) in [6, 6.07) is 13.1. The fourth-order valence-electron chi connectivity index (χ4n) is 3.46. The van der Waals surface area contributed by atoms with Crippen LogP contribution in [0.2, 0.25) is 0 Å². The zero-order chi connectivity index (χ0) is 22.2. The second-order valence-electron chi connectivity index (χ2n) is 6.96. The summed E-state index contributed by atoms with van der Waals surface area (Å²) in [5.74, 6) is -1.96. The van der Waals surface area contributed by atoms with Crippen LogP contribution in [0.4, 0.5) is 10.1 Å². The lowest BCUT2D eigenvalue weighted by Crippen LogP contribution is -2.30.